The van der Waals surface area contributed by atoms with Crippen LogP contribution in [0, 0.1) is 0 Å². The van der Waals surface area contributed by atoms with Crippen molar-refractivity contribution < 1.29 is 33.4 Å². The molecule has 8 nitrogen and oxygen atoms in total. The van der Waals surface area contributed by atoms with Gasteiger partial charge in [-0.25, -0.2) is 0 Å². The molecule has 0 saturated carbocycles. The summed E-state index contributed by atoms with van der Waals surface area (Å²) in [7, 11) is 1.17. The highest BCUT2D eigenvalue weighted by atomic mass is 16.6. The molecule has 0 unspecified atom stereocenters. The van der Waals surface area contributed by atoms with Crippen LogP contribution in [0.15, 0.2) is 52.5 Å². The van der Waals surface area contributed by atoms with Crippen LogP contribution in [0.3, 0.4) is 0 Å². The fraction of sp³-hybridized carbons (Fsp3) is 0.318. The van der Waals surface area contributed by atoms with Gasteiger partial charge in [0, 0.05) is 24.7 Å². The molecule has 2 aromatic rings. The first-order valence-corrected chi connectivity index (χ1v) is 9.51. The molecule has 2 aliphatic heterocycles. The lowest BCUT2D eigenvalue weighted by Gasteiger charge is -2.32. The van der Waals surface area contributed by atoms with Crippen molar-refractivity contribution in [2.24, 2.45) is 0 Å². The van der Waals surface area contributed by atoms with Gasteiger partial charge in [-0.2, -0.15) is 0 Å². The van der Waals surface area contributed by atoms with Gasteiger partial charge in [0.1, 0.15) is 5.76 Å². The lowest BCUT2D eigenvalue weighted by Crippen LogP contribution is -2.60. The maximum atomic E-state index is 13.2. The van der Waals surface area contributed by atoms with E-state index in [0.717, 1.165) is 0 Å². The van der Waals surface area contributed by atoms with Crippen molar-refractivity contribution in [3.05, 3.63) is 65.1 Å². The van der Waals surface area contributed by atoms with Crippen molar-refractivity contribution in [2.75, 3.05) is 7.11 Å². The molecule has 0 aliphatic carbocycles. The van der Waals surface area contributed by atoms with E-state index in [2.05, 4.69) is 5.32 Å². The molecule has 1 amide bonds. The van der Waals surface area contributed by atoms with Gasteiger partial charge in [-0.05, 0) is 19.1 Å². The van der Waals surface area contributed by atoms with Gasteiger partial charge < -0.3 is 24.3 Å². The number of hydrogen-bond acceptors (Lipinski definition) is 7. The van der Waals surface area contributed by atoms with Crippen molar-refractivity contribution >= 4 is 23.2 Å². The number of benzene rings is 1. The van der Waals surface area contributed by atoms with E-state index in [9.17, 15) is 19.5 Å². The largest absolute Gasteiger partial charge is 0.462 e. The summed E-state index contributed by atoms with van der Waals surface area (Å²) in [5.41, 5.74) is -4.22. The molecule has 2 N–H and O–H groups in total. The summed E-state index contributed by atoms with van der Waals surface area (Å²) in [6, 6.07) is 11.4. The second kappa shape index (κ2) is 6.93. The van der Waals surface area contributed by atoms with Crippen LogP contribution >= 0.6 is 0 Å². The Bertz CT molecular complexity index is 1070. The van der Waals surface area contributed by atoms with Gasteiger partial charge in [0.05, 0.1) is 0 Å². The average molecular weight is 411 g/mol. The third kappa shape index (κ3) is 2.50. The molecule has 8 heteroatoms. The molecule has 2 aliphatic rings. The Morgan fingerprint density at radius 2 is 1.90 bits per heavy atom. The second-order valence-electron chi connectivity index (χ2n) is 7.23. The molecular formula is C22H21NO7. The number of ketones is 2. The molecule has 3 heterocycles. The maximum Gasteiger partial charge on any atom is 0.279 e. The summed E-state index contributed by atoms with van der Waals surface area (Å²) in [5.74, 6) is -1.42. The summed E-state index contributed by atoms with van der Waals surface area (Å²) in [5, 5.41) is 13.5. The van der Waals surface area contributed by atoms with Crippen LogP contribution in [0.5, 0.6) is 0 Å². The zero-order valence-electron chi connectivity index (χ0n) is 16.7. The number of nitrogens with one attached hydrogen (secondary N) is 1. The highest BCUT2D eigenvalue weighted by Gasteiger charge is 2.74. The highest BCUT2D eigenvalue weighted by molar-refractivity contribution is 6.25. The van der Waals surface area contributed by atoms with E-state index in [0.29, 0.717) is 12.2 Å². The standard InChI is InChI=1S/C22H21NO7/c1-4-14-10-11-15(29-14)16-12(2)17(24)21(30-16)19(26)22(28-3,23-20(21)27)18(25)13-8-6-5-7-9-13/h5-11,19,26H,4H2,1-3H3,(H,23,27)/t19-,21+,22+/m1/s1. The quantitative estimate of drug-likeness (QED) is 0.568. The molecule has 3 atom stereocenters. The molecule has 1 aromatic heterocycles. The van der Waals surface area contributed by atoms with Gasteiger partial charge in [0.15, 0.2) is 17.6 Å². The molecule has 0 bridgehead atoms. The summed E-state index contributed by atoms with van der Waals surface area (Å²) in [6.45, 7) is 3.38. The number of carbonyl (C=O) groups excluding carboxylic acids is 3. The molecule has 1 saturated heterocycles. The molecule has 30 heavy (non-hydrogen) atoms. The van der Waals surface area contributed by atoms with E-state index in [4.69, 9.17) is 13.9 Å². The van der Waals surface area contributed by atoms with Gasteiger partial charge in [-0.1, -0.05) is 37.3 Å². The minimum Gasteiger partial charge on any atom is -0.462 e. The first-order valence-electron chi connectivity index (χ1n) is 9.51. The second-order valence-corrected chi connectivity index (χ2v) is 7.23. The number of aliphatic hydroxyl groups is 1. The van der Waals surface area contributed by atoms with Crippen molar-refractivity contribution in [1.82, 2.24) is 5.32 Å². The Balaban J connectivity index is 1.76. The predicted molar refractivity (Wildman–Crippen MR) is 104 cm³/mol. The molecule has 4 rings (SSSR count). The lowest BCUT2D eigenvalue weighted by atomic mass is 9.85. The van der Waals surface area contributed by atoms with E-state index in [-0.39, 0.29) is 22.7 Å². The van der Waals surface area contributed by atoms with Gasteiger partial charge >= 0.3 is 0 Å². The number of ether oxygens (including phenoxy) is 2. The van der Waals surface area contributed by atoms with Crippen LogP contribution in [0.1, 0.15) is 35.7 Å². The number of furan rings is 1. The summed E-state index contributed by atoms with van der Waals surface area (Å²) >= 11 is 0. The first kappa shape index (κ1) is 20.1. The molecule has 156 valence electrons. The zero-order chi connectivity index (χ0) is 21.7. The Labute approximate surface area is 172 Å². The molecule has 1 aromatic carbocycles. The van der Waals surface area contributed by atoms with Crippen molar-refractivity contribution in [3.63, 3.8) is 0 Å². The number of amides is 1. The van der Waals surface area contributed by atoms with E-state index < -0.39 is 34.9 Å². The molecule has 1 spiro atoms. The van der Waals surface area contributed by atoms with Crippen LogP contribution in [0.25, 0.3) is 5.76 Å². The van der Waals surface area contributed by atoms with Gasteiger partial charge in [-0.3, -0.25) is 14.4 Å². The molecular weight excluding hydrogens is 390 g/mol. The van der Waals surface area contributed by atoms with Gasteiger partial charge in [-0.15, -0.1) is 0 Å². The average Bonchev–Trinajstić information content (AvgIpc) is 3.41. The number of carbonyl (C=O) groups is 3. The van der Waals surface area contributed by atoms with E-state index in [1.54, 1.807) is 30.3 Å². The van der Waals surface area contributed by atoms with Crippen molar-refractivity contribution in [3.8, 4) is 0 Å². The number of Topliss-reactive ketones (excluding diaryl/α,β-unsaturated/α-hetero) is 2. The fourth-order valence-corrected chi connectivity index (χ4v) is 3.90. The Morgan fingerprint density at radius 1 is 1.20 bits per heavy atom. The van der Waals surface area contributed by atoms with Crippen molar-refractivity contribution in [1.29, 1.82) is 0 Å². The number of aryl methyl sites for hydroxylation is 1. The van der Waals surface area contributed by atoms with Crippen LogP contribution in [0.2, 0.25) is 0 Å². The normalized spacial score (nSPS) is 28.2. The van der Waals surface area contributed by atoms with E-state index >= 15 is 0 Å². The SMILES string of the molecule is CCc1ccc(C2=C(C)C(=O)[C@@]3(O2)C(=O)N[C@](OC)(C(=O)c2ccccc2)[C@@H]3O)o1. The Morgan fingerprint density at radius 3 is 2.50 bits per heavy atom. The lowest BCUT2D eigenvalue weighted by molar-refractivity contribution is -0.156. The summed E-state index contributed by atoms with van der Waals surface area (Å²) in [6.07, 6.45) is -1.30. The monoisotopic (exact) mass is 411 g/mol. The topological polar surface area (TPSA) is 115 Å². The zero-order valence-corrected chi connectivity index (χ0v) is 16.7. The molecule has 1 fully saturated rings. The van der Waals surface area contributed by atoms with Crippen LogP contribution in [-0.4, -0.2) is 47.1 Å². The predicted octanol–water partition coefficient (Wildman–Crippen LogP) is 1.63. The Hall–Kier alpha value is -3.23. The van der Waals surface area contributed by atoms with Gasteiger partial charge in [0.2, 0.25) is 17.3 Å². The Kier molecular flexibility index (Phi) is 4.63. The summed E-state index contributed by atoms with van der Waals surface area (Å²) in [4.78, 5) is 39.3. The maximum absolute atomic E-state index is 13.2. The molecule has 0 radical (unpaired) electrons. The highest BCUT2D eigenvalue weighted by Crippen LogP contribution is 2.45. The van der Waals surface area contributed by atoms with Crippen LogP contribution < -0.4 is 5.32 Å². The van der Waals surface area contributed by atoms with E-state index in [1.165, 1.54) is 26.2 Å². The van der Waals surface area contributed by atoms with Crippen LogP contribution in [0.4, 0.5) is 0 Å². The van der Waals surface area contributed by atoms with Crippen LogP contribution in [-0.2, 0) is 25.5 Å². The minimum absolute atomic E-state index is 0.0490. The van der Waals surface area contributed by atoms with Gasteiger partial charge in [0.25, 0.3) is 11.5 Å². The number of rotatable bonds is 5. The third-order valence-electron chi connectivity index (χ3n) is 5.62. The first-order chi connectivity index (χ1) is 14.3. The smallest absolute Gasteiger partial charge is 0.279 e. The fourth-order valence-electron chi connectivity index (χ4n) is 3.90. The number of methoxy groups -OCH3 is 1. The summed E-state index contributed by atoms with van der Waals surface area (Å²) < 4.78 is 16.8. The minimum atomic E-state index is -2.35. The third-order valence-corrected chi connectivity index (χ3v) is 5.62. The van der Waals surface area contributed by atoms with E-state index in [1.807, 2.05) is 6.92 Å². The van der Waals surface area contributed by atoms with Crippen molar-refractivity contribution in [2.45, 2.75) is 37.7 Å². The number of aliphatic hydroxyl groups excluding tert-OH is 1. The number of hydrogen-bond donors (Lipinski definition) is 2.